The molecule has 0 N–H and O–H groups in total. The van der Waals surface area contributed by atoms with Crippen molar-refractivity contribution in [3.8, 4) is 11.8 Å². The van der Waals surface area contributed by atoms with Crippen molar-refractivity contribution in [1.82, 2.24) is 4.90 Å². The van der Waals surface area contributed by atoms with Gasteiger partial charge < -0.3 is 9.64 Å². The zero-order valence-electron chi connectivity index (χ0n) is 11.1. The van der Waals surface area contributed by atoms with Gasteiger partial charge in [0.05, 0.1) is 18.2 Å². The molecule has 0 unspecified atom stereocenters. The molecule has 0 bridgehead atoms. The molecule has 1 aromatic carbocycles. The van der Waals surface area contributed by atoms with Crippen LogP contribution in [-0.2, 0) is 0 Å². The van der Waals surface area contributed by atoms with Gasteiger partial charge in [-0.05, 0) is 31.2 Å². The van der Waals surface area contributed by atoms with Gasteiger partial charge in [0.2, 0.25) is 0 Å². The number of nitrogens with zero attached hydrogens (tertiary/aromatic N) is 2. The van der Waals surface area contributed by atoms with E-state index in [1.165, 1.54) is 18.5 Å². The highest BCUT2D eigenvalue weighted by atomic mass is 35.5. The van der Waals surface area contributed by atoms with Crippen LogP contribution in [-0.4, -0.2) is 31.1 Å². The number of fused-ring (bicyclic) bond motifs is 3. The molecule has 1 saturated heterocycles. The lowest BCUT2D eigenvalue weighted by molar-refractivity contribution is 0.213. The summed E-state index contributed by atoms with van der Waals surface area (Å²) in [6.45, 7) is 6.46. The average Bonchev–Trinajstić information content (AvgIpc) is 2.81. The van der Waals surface area contributed by atoms with Gasteiger partial charge in [0.25, 0.3) is 0 Å². The normalized spacial score (nSPS) is 24.6. The Labute approximate surface area is 120 Å². The van der Waals surface area contributed by atoms with Crippen LogP contribution in [0.4, 0.5) is 0 Å². The van der Waals surface area contributed by atoms with Crippen LogP contribution in [0.5, 0.6) is 5.75 Å². The maximum absolute atomic E-state index is 9.01. The molecular formula is C15H19ClN2O. The van der Waals surface area contributed by atoms with Crippen molar-refractivity contribution in [3.63, 3.8) is 0 Å². The lowest BCUT2D eigenvalue weighted by atomic mass is 9.86. The van der Waals surface area contributed by atoms with Crippen LogP contribution in [0.3, 0.4) is 0 Å². The lowest BCUT2D eigenvalue weighted by Gasteiger charge is -2.27. The van der Waals surface area contributed by atoms with E-state index in [-0.39, 0.29) is 12.4 Å². The second-order valence-electron chi connectivity index (χ2n) is 5.30. The van der Waals surface area contributed by atoms with Gasteiger partial charge in [-0.15, -0.1) is 12.4 Å². The van der Waals surface area contributed by atoms with Crippen molar-refractivity contribution < 1.29 is 4.74 Å². The average molecular weight is 279 g/mol. The summed E-state index contributed by atoms with van der Waals surface area (Å²) in [6.07, 6.45) is 1.20. The largest absolute Gasteiger partial charge is 0.493 e. The van der Waals surface area contributed by atoms with Gasteiger partial charge in [-0.3, -0.25) is 0 Å². The Morgan fingerprint density at radius 3 is 3.00 bits per heavy atom. The lowest BCUT2D eigenvalue weighted by Crippen LogP contribution is -2.25. The van der Waals surface area contributed by atoms with Crippen molar-refractivity contribution in [3.05, 3.63) is 29.3 Å². The number of halogens is 1. The molecule has 0 saturated carbocycles. The quantitative estimate of drug-likeness (QED) is 0.835. The summed E-state index contributed by atoms with van der Waals surface area (Å²) in [7, 11) is 0. The molecule has 0 aliphatic carbocycles. The van der Waals surface area contributed by atoms with E-state index in [1.807, 2.05) is 18.2 Å². The van der Waals surface area contributed by atoms with Gasteiger partial charge in [-0.1, -0.05) is 6.92 Å². The van der Waals surface area contributed by atoms with Crippen molar-refractivity contribution in [1.29, 1.82) is 5.26 Å². The van der Waals surface area contributed by atoms with Gasteiger partial charge in [0, 0.05) is 30.5 Å². The minimum Gasteiger partial charge on any atom is -0.493 e. The maximum atomic E-state index is 9.01. The first-order valence-corrected chi connectivity index (χ1v) is 6.71. The zero-order chi connectivity index (χ0) is 12.5. The molecule has 2 aliphatic heterocycles. The van der Waals surface area contributed by atoms with E-state index in [0.717, 1.165) is 31.0 Å². The first-order valence-electron chi connectivity index (χ1n) is 6.71. The van der Waals surface area contributed by atoms with E-state index < -0.39 is 0 Å². The fourth-order valence-electron chi connectivity index (χ4n) is 3.22. The van der Waals surface area contributed by atoms with Crippen molar-refractivity contribution in [2.45, 2.75) is 19.3 Å². The van der Waals surface area contributed by atoms with Crippen molar-refractivity contribution >= 4 is 12.4 Å². The second-order valence-corrected chi connectivity index (χ2v) is 5.30. The zero-order valence-corrected chi connectivity index (χ0v) is 11.9. The molecule has 3 nitrogen and oxygen atoms in total. The first-order chi connectivity index (χ1) is 8.81. The van der Waals surface area contributed by atoms with Crippen LogP contribution in [0, 0.1) is 17.2 Å². The molecule has 1 fully saturated rings. The molecule has 4 heteroatoms. The third-order valence-electron chi connectivity index (χ3n) is 4.05. The number of nitriles is 1. The Kier molecular flexibility index (Phi) is 4.34. The molecular weight excluding hydrogens is 260 g/mol. The summed E-state index contributed by atoms with van der Waals surface area (Å²) in [5.41, 5.74) is 1.98. The minimum atomic E-state index is 0. The summed E-state index contributed by atoms with van der Waals surface area (Å²) < 4.78 is 5.83. The molecule has 0 amide bonds. The molecule has 3 rings (SSSR count). The topological polar surface area (TPSA) is 36.3 Å². The number of likely N-dealkylation sites (tertiary alicyclic amines) is 1. The van der Waals surface area contributed by atoms with E-state index in [2.05, 4.69) is 17.9 Å². The predicted molar refractivity (Wildman–Crippen MR) is 76.9 cm³/mol. The molecule has 2 atom stereocenters. The fourth-order valence-corrected chi connectivity index (χ4v) is 3.22. The van der Waals surface area contributed by atoms with Crippen LogP contribution in [0.25, 0.3) is 0 Å². The molecule has 2 aliphatic rings. The summed E-state index contributed by atoms with van der Waals surface area (Å²) in [5, 5.41) is 9.01. The standard InChI is InChI=1S/C15H18N2O.ClH/c1-2-5-17-8-12-10-18-15-4-3-11(7-16)6-13(15)14(12)9-17;/h3-4,6,12,14H,2,5,8-10H2,1H3;1H/t12-,14+;/m1./s1. The van der Waals surface area contributed by atoms with Crippen LogP contribution < -0.4 is 4.74 Å². The molecule has 19 heavy (non-hydrogen) atoms. The minimum absolute atomic E-state index is 0. The number of benzene rings is 1. The number of rotatable bonds is 2. The van der Waals surface area contributed by atoms with Gasteiger partial charge >= 0.3 is 0 Å². The Bertz CT molecular complexity index is 497. The van der Waals surface area contributed by atoms with E-state index >= 15 is 0 Å². The third-order valence-corrected chi connectivity index (χ3v) is 4.05. The van der Waals surface area contributed by atoms with Crippen molar-refractivity contribution in [2.24, 2.45) is 5.92 Å². The second kappa shape index (κ2) is 5.81. The van der Waals surface area contributed by atoms with Crippen molar-refractivity contribution in [2.75, 3.05) is 26.2 Å². The Morgan fingerprint density at radius 2 is 2.26 bits per heavy atom. The first kappa shape index (κ1) is 14.2. The Hall–Kier alpha value is -1.24. The molecule has 0 radical (unpaired) electrons. The van der Waals surface area contributed by atoms with Gasteiger partial charge in [-0.25, -0.2) is 0 Å². The summed E-state index contributed by atoms with van der Waals surface area (Å²) in [6, 6.07) is 8.04. The molecule has 102 valence electrons. The molecule has 0 aromatic heterocycles. The molecule has 0 spiro atoms. The molecule has 1 aromatic rings. The number of hydrogen-bond acceptors (Lipinski definition) is 3. The van der Waals surface area contributed by atoms with Crippen LogP contribution >= 0.6 is 12.4 Å². The summed E-state index contributed by atoms with van der Waals surface area (Å²) in [4.78, 5) is 2.52. The third kappa shape index (κ3) is 2.56. The van der Waals surface area contributed by atoms with Gasteiger partial charge in [0.1, 0.15) is 5.75 Å². The van der Waals surface area contributed by atoms with Crippen LogP contribution in [0.2, 0.25) is 0 Å². The molecule has 2 heterocycles. The Balaban J connectivity index is 0.00000133. The van der Waals surface area contributed by atoms with E-state index in [1.54, 1.807) is 0 Å². The van der Waals surface area contributed by atoms with E-state index in [0.29, 0.717) is 11.8 Å². The highest BCUT2D eigenvalue weighted by Gasteiger charge is 2.38. The predicted octanol–water partition coefficient (Wildman–Crippen LogP) is 2.80. The SMILES string of the molecule is CCCN1C[C@@H]2COc3ccc(C#N)cc3[C@H]2C1.Cl. The number of hydrogen-bond donors (Lipinski definition) is 0. The Morgan fingerprint density at radius 1 is 1.42 bits per heavy atom. The van der Waals surface area contributed by atoms with Gasteiger partial charge in [0.15, 0.2) is 0 Å². The summed E-state index contributed by atoms with van der Waals surface area (Å²) in [5.74, 6) is 2.13. The highest BCUT2D eigenvalue weighted by Crippen LogP contribution is 2.41. The van der Waals surface area contributed by atoms with E-state index in [4.69, 9.17) is 10.00 Å². The number of ether oxygens (including phenoxy) is 1. The van der Waals surface area contributed by atoms with Gasteiger partial charge in [-0.2, -0.15) is 5.26 Å². The van der Waals surface area contributed by atoms with Crippen LogP contribution in [0.1, 0.15) is 30.4 Å². The maximum Gasteiger partial charge on any atom is 0.122 e. The van der Waals surface area contributed by atoms with E-state index in [9.17, 15) is 0 Å². The fraction of sp³-hybridized carbons (Fsp3) is 0.533. The smallest absolute Gasteiger partial charge is 0.122 e. The highest BCUT2D eigenvalue weighted by molar-refractivity contribution is 5.85. The summed E-state index contributed by atoms with van der Waals surface area (Å²) >= 11 is 0. The monoisotopic (exact) mass is 278 g/mol. The van der Waals surface area contributed by atoms with Crippen LogP contribution in [0.15, 0.2) is 18.2 Å².